The lowest BCUT2D eigenvalue weighted by Gasteiger charge is -2.22. The van der Waals surface area contributed by atoms with Gasteiger partial charge < -0.3 is 9.47 Å². The van der Waals surface area contributed by atoms with Crippen LogP contribution in [0.5, 0.6) is 11.5 Å². The summed E-state index contributed by atoms with van der Waals surface area (Å²) in [5, 5.41) is 4.21. The molecule has 0 saturated carbocycles. The van der Waals surface area contributed by atoms with E-state index in [1.807, 2.05) is 12.2 Å². The van der Waals surface area contributed by atoms with Crippen molar-refractivity contribution in [3.8, 4) is 11.5 Å². The zero-order valence-corrected chi connectivity index (χ0v) is 22.5. The van der Waals surface area contributed by atoms with E-state index in [1.54, 1.807) is 0 Å². The second kappa shape index (κ2) is 10.6. The number of benzene rings is 5. The summed E-state index contributed by atoms with van der Waals surface area (Å²) in [7, 11) is 0. The van der Waals surface area contributed by atoms with E-state index in [2.05, 4.69) is 125 Å². The lowest BCUT2D eigenvalue weighted by Crippen LogP contribution is -2.11. The predicted octanol–water partition coefficient (Wildman–Crippen LogP) is 9.73. The van der Waals surface area contributed by atoms with Crippen molar-refractivity contribution in [1.29, 1.82) is 0 Å². The molecule has 0 spiro atoms. The molecule has 0 N–H and O–H groups in total. The predicted molar refractivity (Wildman–Crippen MR) is 162 cm³/mol. The van der Waals surface area contributed by atoms with Gasteiger partial charge in [-0.1, -0.05) is 131 Å². The third-order valence-electron chi connectivity index (χ3n) is 6.99. The summed E-state index contributed by atoms with van der Waals surface area (Å²) in [6, 6.07) is 31.7. The Kier molecular flexibility index (Phi) is 7.07. The molecule has 0 unspecified atom stereocenters. The van der Waals surface area contributed by atoms with Crippen LogP contribution in [0.4, 0.5) is 0 Å². The number of fused-ring (bicyclic) bond motifs is 2. The molecule has 0 amide bonds. The van der Waals surface area contributed by atoms with E-state index in [4.69, 9.17) is 9.47 Å². The highest BCUT2D eigenvalue weighted by Crippen LogP contribution is 2.44. The van der Waals surface area contributed by atoms with Crippen LogP contribution < -0.4 is 9.47 Å². The quantitative estimate of drug-likeness (QED) is 0.198. The minimum Gasteiger partial charge on any atom is -0.488 e. The third kappa shape index (κ3) is 5.21. The maximum Gasteiger partial charge on any atom is 0.135 e. The van der Waals surface area contributed by atoms with E-state index >= 15 is 0 Å². The lowest BCUT2D eigenvalue weighted by molar-refractivity contribution is 0.308. The second-order valence-corrected chi connectivity index (χ2v) is 10.7. The Labute approximate surface area is 225 Å². The molecule has 5 aromatic rings. The largest absolute Gasteiger partial charge is 0.488 e. The van der Waals surface area contributed by atoms with Gasteiger partial charge in [0.25, 0.3) is 0 Å². The first-order chi connectivity index (χ1) is 18.4. The number of rotatable bonds is 8. The van der Waals surface area contributed by atoms with Crippen molar-refractivity contribution in [3.63, 3.8) is 0 Å². The molecule has 0 aliphatic heterocycles. The van der Waals surface area contributed by atoms with Crippen molar-refractivity contribution < 1.29 is 9.47 Å². The molecule has 0 saturated heterocycles. The molecular formula is C36H34O2. The van der Waals surface area contributed by atoms with Gasteiger partial charge in [0.2, 0.25) is 0 Å². The molecule has 0 atom stereocenters. The summed E-state index contributed by atoms with van der Waals surface area (Å²) in [5.74, 6) is 1.77. The van der Waals surface area contributed by atoms with Gasteiger partial charge in [-0.25, -0.2) is 0 Å². The lowest BCUT2D eigenvalue weighted by atomic mass is 9.85. The van der Waals surface area contributed by atoms with Crippen LogP contribution in [0.3, 0.4) is 0 Å². The average molecular weight is 499 g/mol. The Hall–Kier alpha value is -4.30. The number of ether oxygens (including phenoxy) is 2. The minimum absolute atomic E-state index is 0.00550. The van der Waals surface area contributed by atoms with Crippen molar-refractivity contribution in [1.82, 2.24) is 0 Å². The fourth-order valence-electron chi connectivity index (χ4n) is 4.69. The van der Waals surface area contributed by atoms with Crippen molar-refractivity contribution in [3.05, 3.63) is 132 Å². The Bertz CT molecular complexity index is 1600. The molecule has 5 rings (SSSR count). The van der Waals surface area contributed by atoms with Gasteiger partial charge in [-0.15, -0.1) is 0 Å². The first-order valence-electron chi connectivity index (χ1n) is 13.0. The molecule has 2 nitrogen and oxygen atoms in total. The van der Waals surface area contributed by atoms with Gasteiger partial charge in [0, 0.05) is 21.5 Å². The van der Waals surface area contributed by atoms with E-state index in [-0.39, 0.29) is 5.41 Å². The molecular weight excluding hydrogens is 464 g/mol. The second-order valence-electron chi connectivity index (χ2n) is 10.7. The van der Waals surface area contributed by atoms with Crippen LogP contribution in [-0.4, -0.2) is 0 Å². The Balaban J connectivity index is 1.62. The standard InChI is InChI=1S/C36H34O2/c1-6-25-12-16-27(17-13-25)23-37-34-30-10-8-9-11-31(30)35(38-24-28-18-14-26(7-2)15-19-28)33-22-29(36(3,4)5)20-21-32(33)34/h6-22H,1-2,23-24H2,3-5H3. The molecule has 0 radical (unpaired) electrons. The van der Waals surface area contributed by atoms with E-state index < -0.39 is 0 Å². The third-order valence-corrected chi connectivity index (χ3v) is 6.99. The molecule has 0 heterocycles. The Morgan fingerprint density at radius 2 is 1.03 bits per heavy atom. The fourth-order valence-corrected chi connectivity index (χ4v) is 4.69. The summed E-state index contributed by atoms with van der Waals surface area (Å²) in [5.41, 5.74) is 5.68. The molecule has 38 heavy (non-hydrogen) atoms. The van der Waals surface area contributed by atoms with Gasteiger partial charge in [-0.2, -0.15) is 0 Å². The van der Waals surface area contributed by atoms with Crippen molar-refractivity contribution in [2.24, 2.45) is 0 Å². The first kappa shape index (κ1) is 25.4. The van der Waals surface area contributed by atoms with Crippen LogP contribution >= 0.6 is 0 Å². The smallest absolute Gasteiger partial charge is 0.135 e. The van der Waals surface area contributed by atoms with Crippen LogP contribution in [0.1, 0.15) is 48.6 Å². The average Bonchev–Trinajstić information content (AvgIpc) is 2.94. The molecule has 190 valence electrons. The van der Waals surface area contributed by atoms with E-state index in [0.717, 1.165) is 55.3 Å². The number of hydrogen-bond acceptors (Lipinski definition) is 2. The maximum absolute atomic E-state index is 6.61. The molecule has 0 bridgehead atoms. The molecule has 0 aliphatic rings. The molecule has 0 aliphatic carbocycles. The zero-order valence-electron chi connectivity index (χ0n) is 22.5. The van der Waals surface area contributed by atoms with Crippen molar-refractivity contribution in [2.75, 3.05) is 0 Å². The van der Waals surface area contributed by atoms with Gasteiger partial charge in [-0.3, -0.25) is 0 Å². The minimum atomic E-state index is 0.00550. The molecule has 0 aromatic heterocycles. The van der Waals surface area contributed by atoms with Crippen LogP contribution in [0.25, 0.3) is 33.7 Å². The zero-order chi connectivity index (χ0) is 26.7. The Morgan fingerprint density at radius 1 is 0.579 bits per heavy atom. The van der Waals surface area contributed by atoms with E-state index in [1.165, 1.54) is 5.56 Å². The monoisotopic (exact) mass is 498 g/mol. The van der Waals surface area contributed by atoms with Gasteiger partial charge >= 0.3 is 0 Å². The molecule has 0 fully saturated rings. The summed E-state index contributed by atoms with van der Waals surface area (Å²) in [6.45, 7) is 15.4. The van der Waals surface area contributed by atoms with Crippen molar-refractivity contribution >= 4 is 33.7 Å². The highest BCUT2D eigenvalue weighted by atomic mass is 16.5. The van der Waals surface area contributed by atoms with E-state index in [0.29, 0.717) is 13.2 Å². The highest BCUT2D eigenvalue weighted by molar-refractivity contribution is 6.11. The van der Waals surface area contributed by atoms with Crippen LogP contribution in [0.15, 0.2) is 104 Å². The summed E-state index contributed by atoms with van der Waals surface area (Å²) in [6.07, 6.45) is 3.71. The van der Waals surface area contributed by atoms with Crippen molar-refractivity contribution in [2.45, 2.75) is 39.4 Å². The maximum atomic E-state index is 6.61. The fraction of sp³-hybridized carbons (Fsp3) is 0.167. The summed E-state index contributed by atoms with van der Waals surface area (Å²) in [4.78, 5) is 0. The van der Waals surface area contributed by atoms with Crippen LogP contribution in [0.2, 0.25) is 0 Å². The first-order valence-corrected chi connectivity index (χ1v) is 13.0. The molecule has 5 aromatic carbocycles. The van der Waals surface area contributed by atoms with Gasteiger partial charge in [-0.05, 0) is 39.3 Å². The SMILES string of the molecule is C=Cc1ccc(COc2c3ccccc3c(OCc3ccc(C=C)cc3)c3cc(C(C)(C)C)ccc23)cc1. The summed E-state index contributed by atoms with van der Waals surface area (Å²) < 4.78 is 13.2. The Morgan fingerprint density at radius 3 is 1.47 bits per heavy atom. The van der Waals surface area contributed by atoms with Gasteiger partial charge in [0.1, 0.15) is 24.7 Å². The number of hydrogen-bond donors (Lipinski definition) is 0. The normalized spacial score (nSPS) is 11.4. The molecule has 2 heteroatoms. The topological polar surface area (TPSA) is 18.5 Å². The van der Waals surface area contributed by atoms with Crippen LogP contribution in [0, 0.1) is 0 Å². The van der Waals surface area contributed by atoms with E-state index in [9.17, 15) is 0 Å². The van der Waals surface area contributed by atoms with Gasteiger partial charge in [0.15, 0.2) is 0 Å². The van der Waals surface area contributed by atoms with Crippen LogP contribution in [-0.2, 0) is 18.6 Å². The highest BCUT2D eigenvalue weighted by Gasteiger charge is 2.20. The summed E-state index contributed by atoms with van der Waals surface area (Å²) >= 11 is 0. The van der Waals surface area contributed by atoms with Gasteiger partial charge in [0.05, 0.1) is 0 Å².